The zero-order valence-electron chi connectivity index (χ0n) is 17.8. The summed E-state index contributed by atoms with van der Waals surface area (Å²) in [5.74, 6) is -0.653. The van der Waals surface area contributed by atoms with Gasteiger partial charge in [-0.1, -0.05) is 12.1 Å². The van der Waals surface area contributed by atoms with Crippen LogP contribution < -0.4 is 15.5 Å². The largest absolute Gasteiger partial charge is 0.372 e. The molecule has 1 aliphatic rings. The molecule has 2 aromatic rings. The van der Waals surface area contributed by atoms with E-state index in [1.165, 1.54) is 24.9 Å². The minimum Gasteiger partial charge on any atom is -0.372 e. The van der Waals surface area contributed by atoms with Crippen molar-refractivity contribution in [3.63, 3.8) is 0 Å². The maximum Gasteiger partial charge on any atom is 0.239 e. The van der Waals surface area contributed by atoms with E-state index in [4.69, 9.17) is 0 Å². The van der Waals surface area contributed by atoms with Crippen LogP contribution in [-0.2, 0) is 9.59 Å². The molecule has 1 saturated heterocycles. The second-order valence-electron chi connectivity index (χ2n) is 8.45. The minimum atomic E-state index is -1.21. The first-order valence-electron chi connectivity index (χ1n) is 10.3. The van der Waals surface area contributed by atoms with Crippen molar-refractivity contribution in [2.75, 3.05) is 28.6 Å². The molecule has 154 valence electrons. The Morgan fingerprint density at radius 2 is 1.48 bits per heavy atom. The molecule has 0 atom stereocenters. The lowest BCUT2D eigenvalue weighted by atomic mass is 9.90. The number of aryl methyl sites for hydroxylation is 2. The van der Waals surface area contributed by atoms with Gasteiger partial charge in [-0.05, 0) is 88.4 Å². The molecule has 2 aromatic carbocycles. The first kappa shape index (κ1) is 20.9. The SMILES string of the molecule is Cc1ccc(C)c(NC(=O)C(C)(C)C(=O)Nc2ccc(N3CCCCC3)cc2)c1. The zero-order chi connectivity index (χ0) is 21.0. The Labute approximate surface area is 173 Å². The summed E-state index contributed by atoms with van der Waals surface area (Å²) in [6.45, 7) is 9.36. The van der Waals surface area contributed by atoms with Gasteiger partial charge in [0, 0.05) is 30.2 Å². The van der Waals surface area contributed by atoms with Crippen LogP contribution in [-0.4, -0.2) is 24.9 Å². The number of piperidine rings is 1. The lowest BCUT2D eigenvalue weighted by molar-refractivity contribution is -0.135. The number of hydrogen-bond acceptors (Lipinski definition) is 3. The van der Waals surface area contributed by atoms with Crippen molar-refractivity contribution in [2.45, 2.75) is 47.0 Å². The first-order valence-corrected chi connectivity index (χ1v) is 10.3. The predicted molar refractivity (Wildman–Crippen MR) is 119 cm³/mol. The number of carbonyl (C=O) groups is 2. The maximum atomic E-state index is 12.8. The Hall–Kier alpha value is -2.82. The van der Waals surface area contributed by atoms with E-state index in [0.717, 1.165) is 29.9 Å². The average molecular weight is 394 g/mol. The molecule has 3 rings (SSSR count). The summed E-state index contributed by atoms with van der Waals surface area (Å²) < 4.78 is 0. The van der Waals surface area contributed by atoms with E-state index >= 15 is 0 Å². The fourth-order valence-corrected chi connectivity index (χ4v) is 3.45. The summed E-state index contributed by atoms with van der Waals surface area (Å²) in [5, 5.41) is 5.79. The van der Waals surface area contributed by atoms with Gasteiger partial charge in [0.15, 0.2) is 0 Å². The average Bonchev–Trinajstić information content (AvgIpc) is 2.71. The highest BCUT2D eigenvalue weighted by atomic mass is 16.2. The summed E-state index contributed by atoms with van der Waals surface area (Å²) in [7, 11) is 0. The van der Waals surface area contributed by atoms with E-state index in [-0.39, 0.29) is 11.8 Å². The van der Waals surface area contributed by atoms with Crippen LogP contribution in [0.5, 0.6) is 0 Å². The van der Waals surface area contributed by atoms with Crippen LogP contribution in [0.3, 0.4) is 0 Å². The number of carbonyl (C=O) groups excluding carboxylic acids is 2. The maximum absolute atomic E-state index is 12.8. The van der Waals surface area contributed by atoms with Gasteiger partial charge in [0.25, 0.3) is 0 Å². The molecule has 5 nitrogen and oxygen atoms in total. The fraction of sp³-hybridized carbons (Fsp3) is 0.417. The number of anilines is 3. The smallest absolute Gasteiger partial charge is 0.239 e. The summed E-state index contributed by atoms with van der Waals surface area (Å²) >= 11 is 0. The van der Waals surface area contributed by atoms with Gasteiger partial charge in [0.05, 0.1) is 0 Å². The third-order valence-corrected chi connectivity index (χ3v) is 5.62. The second-order valence-corrected chi connectivity index (χ2v) is 8.45. The van der Waals surface area contributed by atoms with Crippen molar-refractivity contribution in [1.82, 2.24) is 0 Å². The van der Waals surface area contributed by atoms with Gasteiger partial charge in [-0.15, -0.1) is 0 Å². The molecule has 0 aromatic heterocycles. The molecule has 5 heteroatoms. The van der Waals surface area contributed by atoms with Gasteiger partial charge in [-0.25, -0.2) is 0 Å². The highest BCUT2D eigenvalue weighted by Gasteiger charge is 2.36. The number of nitrogens with zero attached hydrogens (tertiary/aromatic N) is 1. The van der Waals surface area contributed by atoms with Crippen LogP contribution >= 0.6 is 0 Å². The van der Waals surface area contributed by atoms with Crippen molar-refractivity contribution >= 4 is 28.9 Å². The third kappa shape index (κ3) is 4.97. The van der Waals surface area contributed by atoms with Gasteiger partial charge in [-0.3, -0.25) is 9.59 Å². The van der Waals surface area contributed by atoms with Gasteiger partial charge in [-0.2, -0.15) is 0 Å². The van der Waals surface area contributed by atoms with Gasteiger partial charge < -0.3 is 15.5 Å². The zero-order valence-corrected chi connectivity index (χ0v) is 17.8. The van der Waals surface area contributed by atoms with Gasteiger partial charge >= 0.3 is 0 Å². The highest BCUT2D eigenvalue weighted by Crippen LogP contribution is 2.25. The Morgan fingerprint density at radius 3 is 2.14 bits per heavy atom. The number of benzene rings is 2. The molecule has 29 heavy (non-hydrogen) atoms. The van der Waals surface area contributed by atoms with E-state index in [1.807, 2.05) is 56.3 Å². The van der Waals surface area contributed by atoms with Crippen LogP contribution in [0.1, 0.15) is 44.2 Å². The van der Waals surface area contributed by atoms with Gasteiger partial charge in [0.2, 0.25) is 11.8 Å². The molecule has 0 spiro atoms. The summed E-state index contributed by atoms with van der Waals surface area (Å²) in [5.41, 5.74) is 3.43. The quantitative estimate of drug-likeness (QED) is 0.711. The Bertz CT molecular complexity index is 881. The number of hydrogen-bond donors (Lipinski definition) is 2. The molecular formula is C24H31N3O2. The number of amides is 2. The lowest BCUT2D eigenvalue weighted by Gasteiger charge is -2.29. The molecule has 2 N–H and O–H groups in total. The van der Waals surface area contributed by atoms with E-state index < -0.39 is 5.41 Å². The molecule has 1 heterocycles. The standard InChI is InChI=1S/C24H31N3O2/c1-17-8-9-18(2)21(16-17)26-23(29)24(3,4)22(28)25-19-10-12-20(13-11-19)27-14-6-5-7-15-27/h8-13,16H,5-7,14-15H2,1-4H3,(H,25,28)(H,26,29). The highest BCUT2D eigenvalue weighted by molar-refractivity contribution is 6.14. The van der Waals surface area contributed by atoms with E-state index in [9.17, 15) is 9.59 Å². The van der Waals surface area contributed by atoms with Crippen LogP contribution in [0, 0.1) is 19.3 Å². The second kappa shape index (κ2) is 8.68. The third-order valence-electron chi connectivity index (χ3n) is 5.62. The number of rotatable bonds is 5. The van der Waals surface area contributed by atoms with Crippen LogP contribution in [0.2, 0.25) is 0 Å². The molecule has 2 amide bonds. The monoisotopic (exact) mass is 393 g/mol. The van der Waals surface area contributed by atoms with Crippen molar-refractivity contribution in [2.24, 2.45) is 5.41 Å². The van der Waals surface area contributed by atoms with E-state index in [1.54, 1.807) is 13.8 Å². The normalized spacial score (nSPS) is 14.4. The summed E-state index contributed by atoms with van der Waals surface area (Å²) in [6, 6.07) is 13.7. The molecule has 0 radical (unpaired) electrons. The van der Waals surface area contributed by atoms with E-state index in [2.05, 4.69) is 15.5 Å². The molecule has 0 aliphatic carbocycles. The molecular weight excluding hydrogens is 362 g/mol. The van der Waals surface area contributed by atoms with Crippen molar-refractivity contribution in [1.29, 1.82) is 0 Å². The van der Waals surface area contributed by atoms with Crippen LogP contribution in [0.4, 0.5) is 17.1 Å². The molecule has 0 saturated carbocycles. The fourth-order valence-electron chi connectivity index (χ4n) is 3.45. The Kier molecular flexibility index (Phi) is 6.26. The van der Waals surface area contributed by atoms with Crippen LogP contribution in [0.15, 0.2) is 42.5 Å². The molecule has 0 bridgehead atoms. The first-order chi connectivity index (χ1) is 13.8. The summed E-state index contributed by atoms with van der Waals surface area (Å²) in [6.07, 6.45) is 3.74. The van der Waals surface area contributed by atoms with E-state index in [0.29, 0.717) is 5.69 Å². The number of nitrogens with one attached hydrogen (secondary N) is 2. The van der Waals surface area contributed by atoms with Crippen molar-refractivity contribution in [3.8, 4) is 0 Å². The molecule has 1 fully saturated rings. The minimum absolute atomic E-state index is 0.325. The van der Waals surface area contributed by atoms with Gasteiger partial charge in [0.1, 0.15) is 5.41 Å². The molecule has 1 aliphatic heterocycles. The topological polar surface area (TPSA) is 61.4 Å². The van der Waals surface area contributed by atoms with Crippen LogP contribution in [0.25, 0.3) is 0 Å². The van der Waals surface area contributed by atoms with Crippen molar-refractivity contribution < 1.29 is 9.59 Å². The predicted octanol–water partition coefficient (Wildman–Crippen LogP) is 4.90. The summed E-state index contributed by atoms with van der Waals surface area (Å²) in [4.78, 5) is 28.0. The van der Waals surface area contributed by atoms with Crippen molar-refractivity contribution in [3.05, 3.63) is 53.6 Å². The Morgan fingerprint density at radius 1 is 0.862 bits per heavy atom. The molecule has 0 unspecified atom stereocenters. The Balaban J connectivity index is 1.65. The lowest BCUT2D eigenvalue weighted by Crippen LogP contribution is -2.41.